The molecular weight excluding hydrogens is 384 g/mol. The molecule has 0 fully saturated rings. The third kappa shape index (κ3) is 9.79. The van der Waals surface area contributed by atoms with Gasteiger partial charge < -0.3 is 14.8 Å². The van der Waals surface area contributed by atoms with Crippen LogP contribution in [-0.4, -0.2) is 42.4 Å². The first-order valence-electron chi connectivity index (χ1n) is 8.55. The number of carbonyl (C=O) groups excluding carboxylic acids is 2. The summed E-state index contributed by atoms with van der Waals surface area (Å²) in [6, 6.07) is 12.1. The first-order chi connectivity index (χ1) is 13.2. The van der Waals surface area contributed by atoms with Crippen LogP contribution in [0.3, 0.4) is 0 Å². The lowest BCUT2D eigenvalue weighted by molar-refractivity contribution is -0.109. The van der Waals surface area contributed by atoms with Crippen LogP contribution in [0.5, 0.6) is 5.75 Å². The molecule has 1 atom stereocenters. The number of hydrogen-bond acceptors (Lipinski definition) is 6. The highest BCUT2D eigenvalue weighted by Gasteiger charge is 2.16. The third-order valence-corrected chi connectivity index (χ3v) is 3.31. The van der Waals surface area contributed by atoms with Crippen molar-refractivity contribution in [3.63, 3.8) is 0 Å². The zero-order chi connectivity index (χ0) is 21.0. The summed E-state index contributed by atoms with van der Waals surface area (Å²) in [6.07, 6.45) is 4.61. The van der Waals surface area contributed by atoms with Crippen LogP contribution in [-0.2, 0) is 21.5 Å². The van der Waals surface area contributed by atoms with E-state index in [1.807, 2.05) is 25.1 Å². The van der Waals surface area contributed by atoms with E-state index in [2.05, 4.69) is 10.3 Å². The molecule has 0 aliphatic heterocycles. The molecule has 0 saturated heterocycles. The lowest BCUT2D eigenvalue weighted by Crippen LogP contribution is -2.36. The average Bonchev–Trinajstić information content (AvgIpc) is 2.65. The Kier molecular flexibility index (Phi) is 9.83. The minimum absolute atomic E-state index is 0.275. The van der Waals surface area contributed by atoms with Crippen molar-refractivity contribution in [1.29, 1.82) is 0 Å². The van der Waals surface area contributed by atoms with Gasteiger partial charge in [-0.3, -0.25) is 14.3 Å². The lowest BCUT2D eigenvalue weighted by Gasteiger charge is -2.14. The van der Waals surface area contributed by atoms with Gasteiger partial charge in [-0.1, -0.05) is 31.5 Å². The van der Waals surface area contributed by atoms with Crippen molar-refractivity contribution in [3.05, 3.63) is 59.9 Å². The van der Waals surface area contributed by atoms with Gasteiger partial charge >= 0.3 is 0 Å². The zero-order valence-corrected chi connectivity index (χ0v) is 16.6. The van der Waals surface area contributed by atoms with Crippen LogP contribution in [0.2, 0.25) is 0 Å². The van der Waals surface area contributed by atoms with Gasteiger partial charge in [-0.15, -0.1) is 0 Å². The summed E-state index contributed by atoms with van der Waals surface area (Å²) in [7, 11) is -3.67. The molecule has 0 spiro atoms. The minimum atomic E-state index is -3.67. The number of para-hydroxylation sites is 1. The molecule has 0 aliphatic rings. The molecule has 1 heterocycles. The van der Waals surface area contributed by atoms with Gasteiger partial charge in [0.05, 0.1) is 23.6 Å². The van der Waals surface area contributed by atoms with E-state index >= 15 is 0 Å². The van der Waals surface area contributed by atoms with E-state index in [4.69, 9.17) is 9.29 Å². The van der Waals surface area contributed by atoms with Crippen molar-refractivity contribution in [1.82, 2.24) is 10.3 Å². The maximum Gasteiger partial charge on any atom is 0.261 e. The van der Waals surface area contributed by atoms with Gasteiger partial charge in [0, 0.05) is 6.20 Å². The molecule has 2 N–H and O–H groups in total. The standard InChI is InChI=1S/C18H20N2O3.CH4O3S/c1-2-7-14(12-21)20-18(22)16-9-3-4-10-17(16)23-13-15-8-5-6-11-19-15;1-5(2,3)4/h3-6,8-12,14H,2,7,13H2,1H3,(H,20,22);1H3,(H,2,3,4). The molecule has 8 nitrogen and oxygen atoms in total. The van der Waals surface area contributed by atoms with E-state index in [0.717, 1.165) is 18.4 Å². The Morgan fingerprint density at radius 2 is 1.89 bits per heavy atom. The summed E-state index contributed by atoms with van der Waals surface area (Å²) in [5, 5.41) is 2.72. The lowest BCUT2D eigenvalue weighted by atomic mass is 10.1. The molecule has 1 unspecified atom stereocenters. The number of nitrogens with one attached hydrogen (secondary N) is 1. The fraction of sp³-hybridized carbons (Fsp3) is 0.316. The molecule has 0 saturated carbocycles. The maximum atomic E-state index is 12.4. The van der Waals surface area contributed by atoms with Crippen LogP contribution in [0.1, 0.15) is 35.8 Å². The second-order valence-electron chi connectivity index (χ2n) is 5.84. The molecule has 0 radical (unpaired) electrons. The minimum Gasteiger partial charge on any atom is -0.486 e. The molecule has 28 heavy (non-hydrogen) atoms. The smallest absolute Gasteiger partial charge is 0.261 e. The number of rotatable bonds is 8. The van der Waals surface area contributed by atoms with Crippen LogP contribution in [0.25, 0.3) is 0 Å². The molecule has 1 aromatic carbocycles. The number of ether oxygens (including phenoxy) is 1. The number of amides is 1. The number of hydrogen-bond donors (Lipinski definition) is 2. The molecule has 2 aromatic rings. The number of benzene rings is 1. The monoisotopic (exact) mass is 408 g/mol. The molecule has 1 amide bonds. The Hall–Kier alpha value is -2.78. The van der Waals surface area contributed by atoms with Crippen LogP contribution >= 0.6 is 0 Å². The van der Waals surface area contributed by atoms with Gasteiger partial charge in [-0.05, 0) is 30.7 Å². The van der Waals surface area contributed by atoms with Gasteiger partial charge in [-0.2, -0.15) is 8.42 Å². The number of aldehydes is 1. The van der Waals surface area contributed by atoms with E-state index < -0.39 is 16.2 Å². The normalized spacial score (nSPS) is 11.5. The van der Waals surface area contributed by atoms with Crippen molar-refractivity contribution in [3.8, 4) is 5.75 Å². The SMILES string of the molecule is CCCC(C=O)NC(=O)c1ccccc1OCc1ccccn1.CS(=O)(=O)O. The van der Waals surface area contributed by atoms with Gasteiger partial charge in [0.1, 0.15) is 18.6 Å². The molecule has 152 valence electrons. The topological polar surface area (TPSA) is 123 Å². The van der Waals surface area contributed by atoms with Crippen molar-refractivity contribution in [2.24, 2.45) is 0 Å². The maximum absolute atomic E-state index is 12.4. The Bertz CT molecular complexity index is 848. The Morgan fingerprint density at radius 3 is 2.46 bits per heavy atom. The summed E-state index contributed by atoms with van der Waals surface area (Å²) in [5.74, 6) is 0.156. The summed E-state index contributed by atoms with van der Waals surface area (Å²) in [5.41, 5.74) is 1.19. The Morgan fingerprint density at radius 1 is 1.25 bits per heavy atom. The van der Waals surface area contributed by atoms with Crippen LogP contribution in [0.4, 0.5) is 0 Å². The summed E-state index contributed by atoms with van der Waals surface area (Å²) < 4.78 is 31.6. The van der Waals surface area contributed by atoms with Gasteiger partial charge in [0.15, 0.2) is 0 Å². The van der Waals surface area contributed by atoms with Crippen molar-refractivity contribution in [2.75, 3.05) is 6.26 Å². The van der Waals surface area contributed by atoms with E-state index in [0.29, 0.717) is 24.0 Å². The van der Waals surface area contributed by atoms with Crippen LogP contribution in [0.15, 0.2) is 48.7 Å². The summed E-state index contributed by atoms with van der Waals surface area (Å²) in [4.78, 5) is 27.5. The number of pyridine rings is 1. The van der Waals surface area contributed by atoms with E-state index in [1.165, 1.54) is 0 Å². The highest BCUT2D eigenvalue weighted by molar-refractivity contribution is 7.85. The number of aromatic nitrogens is 1. The number of carbonyl (C=O) groups is 2. The quantitative estimate of drug-likeness (QED) is 0.507. The Labute approximate surface area is 164 Å². The van der Waals surface area contributed by atoms with Gasteiger partial charge in [-0.25, -0.2) is 0 Å². The number of nitrogens with zero attached hydrogens (tertiary/aromatic N) is 1. The van der Waals surface area contributed by atoms with Gasteiger partial charge in [0.2, 0.25) is 0 Å². The highest BCUT2D eigenvalue weighted by Crippen LogP contribution is 2.19. The van der Waals surface area contributed by atoms with Crippen LogP contribution in [0, 0.1) is 0 Å². The predicted molar refractivity (Wildman–Crippen MR) is 105 cm³/mol. The second-order valence-corrected chi connectivity index (χ2v) is 7.31. The molecule has 9 heteroatoms. The van der Waals surface area contributed by atoms with Crippen molar-refractivity contribution in [2.45, 2.75) is 32.4 Å². The largest absolute Gasteiger partial charge is 0.486 e. The van der Waals surface area contributed by atoms with E-state index in [9.17, 15) is 18.0 Å². The third-order valence-electron chi connectivity index (χ3n) is 3.31. The molecule has 0 aliphatic carbocycles. The molecular formula is C19H24N2O6S. The molecule has 2 rings (SSSR count). The first kappa shape index (κ1) is 23.3. The zero-order valence-electron chi connectivity index (χ0n) is 15.7. The summed E-state index contributed by atoms with van der Waals surface area (Å²) >= 11 is 0. The Balaban J connectivity index is 0.000000696. The van der Waals surface area contributed by atoms with E-state index in [1.54, 1.807) is 30.5 Å². The highest BCUT2D eigenvalue weighted by atomic mass is 32.2. The van der Waals surface area contributed by atoms with Gasteiger partial charge in [0.25, 0.3) is 16.0 Å². The fourth-order valence-corrected chi connectivity index (χ4v) is 2.15. The van der Waals surface area contributed by atoms with Crippen LogP contribution < -0.4 is 10.1 Å². The molecule has 0 bridgehead atoms. The summed E-state index contributed by atoms with van der Waals surface area (Å²) in [6.45, 7) is 2.24. The average molecular weight is 408 g/mol. The second kappa shape index (κ2) is 11.8. The van der Waals surface area contributed by atoms with Crippen molar-refractivity contribution < 1.29 is 27.3 Å². The first-order valence-corrected chi connectivity index (χ1v) is 10.4. The fourth-order valence-electron chi connectivity index (χ4n) is 2.15. The van der Waals surface area contributed by atoms with E-state index in [-0.39, 0.29) is 12.5 Å². The van der Waals surface area contributed by atoms with Crippen molar-refractivity contribution >= 4 is 22.3 Å². The molecule has 1 aromatic heterocycles. The predicted octanol–water partition coefficient (Wildman–Crippen LogP) is 2.26.